The third-order valence-electron chi connectivity index (χ3n) is 8.76. The average molecular weight is 477 g/mol. The summed E-state index contributed by atoms with van der Waals surface area (Å²) < 4.78 is 0. The van der Waals surface area contributed by atoms with Gasteiger partial charge in [-0.3, -0.25) is 0 Å². The zero-order valence-corrected chi connectivity index (χ0v) is 21.7. The first-order chi connectivity index (χ1) is 18.2. The average Bonchev–Trinajstić information content (AvgIpc) is 3.26. The third kappa shape index (κ3) is 3.22. The molecule has 37 heavy (non-hydrogen) atoms. The van der Waals surface area contributed by atoms with Gasteiger partial charge in [-0.05, 0) is 99.0 Å². The quantitative estimate of drug-likeness (QED) is 0.276. The first kappa shape index (κ1) is 22.3. The highest BCUT2D eigenvalue weighted by atomic mass is 14.5. The Balaban J connectivity index is 1.57. The topological polar surface area (TPSA) is 0 Å². The Morgan fingerprint density at radius 2 is 1.51 bits per heavy atom. The second kappa shape index (κ2) is 8.60. The molecule has 0 amide bonds. The lowest BCUT2D eigenvalue weighted by atomic mass is 9.64. The minimum absolute atomic E-state index is 0.287. The Morgan fingerprint density at radius 1 is 0.730 bits per heavy atom. The molecule has 0 fully saturated rings. The van der Waals surface area contributed by atoms with E-state index in [1.165, 1.54) is 60.9 Å². The lowest BCUT2D eigenvalue weighted by Crippen LogP contribution is -2.30. The minimum Gasteiger partial charge on any atom is -0.0839 e. The van der Waals surface area contributed by atoms with Crippen molar-refractivity contribution in [2.75, 3.05) is 0 Å². The van der Waals surface area contributed by atoms with Gasteiger partial charge in [0.05, 0.1) is 5.41 Å². The predicted molar refractivity (Wildman–Crippen MR) is 158 cm³/mol. The van der Waals surface area contributed by atoms with Crippen LogP contribution in [-0.4, -0.2) is 0 Å². The minimum atomic E-state index is -0.287. The van der Waals surface area contributed by atoms with E-state index in [0.717, 1.165) is 19.3 Å². The number of hydrogen-bond acceptors (Lipinski definition) is 0. The fourth-order valence-electron chi connectivity index (χ4n) is 7.07. The number of fused-ring (bicyclic) bond motifs is 3. The molecular formula is C37H32. The van der Waals surface area contributed by atoms with Gasteiger partial charge in [0.25, 0.3) is 0 Å². The van der Waals surface area contributed by atoms with E-state index in [9.17, 15) is 0 Å². The number of allylic oxidation sites excluding steroid dienone is 8. The van der Waals surface area contributed by atoms with Gasteiger partial charge in [0.1, 0.15) is 0 Å². The summed E-state index contributed by atoms with van der Waals surface area (Å²) in [5.41, 5.74) is 12.3. The molecular weight excluding hydrogens is 444 g/mol. The number of hydrogen-bond donors (Lipinski definition) is 0. The summed E-state index contributed by atoms with van der Waals surface area (Å²) in [5, 5.41) is 2.66. The number of benzene rings is 4. The van der Waals surface area contributed by atoms with Crippen LogP contribution in [0.1, 0.15) is 48.4 Å². The van der Waals surface area contributed by atoms with Crippen molar-refractivity contribution in [3.8, 4) is 11.1 Å². The van der Waals surface area contributed by atoms with Gasteiger partial charge < -0.3 is 0 Å². The first-order valence-corrected chi connectivity index (χ1v) is 13.7. The number of aryl methyl sites for hydroxylation is 1. The molecule has 4 aromatic rings. The Hall–Kier alpha value is -3.90. The molecule has 3 aliphatic rings. The van der Waals surface area contributed by atoms with Crippen molar-refractivity contribution >= 4 is 16.3 Å². The van der Waals surface area contributed by atoms with E-state index in [4.69, 9.17) is 0 Å². The fraction of sp³-hybridized carbons (Fsp3) is 0.189. The highest BCUT2D eigenvalue weighted by Gasteiger charge is 2.49. The summed E-state index contributed by atoms with van der Waals surface area (Å²) in [4.78, 5) is 0. The molecule has 2 unspecified atom stereocenters. The van der Waals surface area contributed by atoms with E-state index in [1.54, 1.807) is 0 Å². The molecule has 0 nitrogen and oxygen atoms in total. The summed E-state index contributed by atoms with van der Waals surface area (Å²) in [7, 11) is 0. The molecule has 0 bridgehead atoms. The van der Waals surface area contributed by atoms with Crippen LogP contribution in [0, 0.1) is 12.8 Å². The zero-order valence-electron chi connectivity index (χ0n) is 21.7. The van der Waals surface area contributed by atoms with Gasteiger partial charge >= 0.3 is 0 Å². The Morgan fingerprint density at radius 3 is 2.32 bits per heavy atom. The molecule has 2 atom stereocenters. The molecule has 0 heteroatoms. The van der Waals surface area contributed by atoms with E-state index in [2.05, 4.69) is 129 Å². The van der Waals surface area contributed by atoms with E-state index in [0.29, 0.717) is 5.92 Å². The van der Waals surface area contributed by atoms with Crippen LogP contribution in [0.4, 0.5) is 0 Å². The van der Waals surface area contributed by atoms with E-state index in [-0.39, 0.29) is 5.41 Å². The van der Waals surface area contributed by atoms with Crippen LogP contribution in [0.5, 0.6) is 0 Å². The SMILES string of the molecule is Cc1ccc(-c2ccc3c(c2)C(C2=CCCC=C2)(c2ccccc2)C2=C3C(C)CC=C2)c2ccccc12. The third-order valence-corrected chi connectivity index (χ3v) is 8.76. The van der Waals surface area contributed by atoms with Gasteiger partial charge in [0.2, 0.25) is 0 Å². The molecule has 0 spiro atoms. The Labute approximate surface area is 220 Å². The molecule has 0 aromatic heterocycles. The zero-order chi connectivity index (χ0) is 25.0. The summed E-state index contributed by atoms with van der Waals surface area (Å²) in [6.45, 7) is 4.61. The Bertz CT molecular complexity index is 1660. The van der Waals surface area contributed by atoms with Gasteiger partial charge in [-0.25, -0.2) is 0 Å². The molecule has 0 aliphatic heterocycles. The van der Waals surface area contributed by atoms with Crippen molar-refractivity contribution in [1.29, 1.82) is 0 Å². The van der Waals surface area contributed by atoms with Crippen LogP contribution < -0.4 is 0 Å². The lowest BCUT2D eigenvalue weighted by molar-refractivity contribution is 0.715. The van der Waals surface area contributed by atoms with E-state index >= 15 is 0 Å². The molecule has 0 saturated heterocycles. The van der Waals surface area contributed by atoms with Crippen molar-refractivity contribution in [1.82, 2.24) is 0 Å². The molecule has 0 saturated carbocycles. The summed E-state index contributed by atoms with van der Waals surface area (Å²) >= 11 is 0. The normalized spacial score (nSPS) is 22.2. The van der Waals surface area contributed by atoms with Crippen molar-refractivity contribution in [3.63, 3.8) is 0 Å². The van der Waals surface area contributed by atoms with Gasteiger partial charge in [-0.1, -0.05) is 116 Å². The standard InChI is InChI=1S/C37H32/c1-25-20-22-31(32-18-10-9-17-30(25)32)27-21-23-33-35(24-27)37(28-13-5-3-6-14-28,29-15-7-4-8-16-29)34-19-11-12-26(2)36(33)34/h3,5-7,9-11,13-24,26H,4,8,12H2,1-2H3. The lowest BCUT2D eigenvalue weighted by Gasteiger charge is -2.37. The molecule has 4 aromatic carbocycles. The van der Waals surface area contributed by atoms with Crippen LogP contribution in [0.2, 0.25) is 0 Å². The maximum absolute atomic E-state index is 2.52. The molecule has 0 radical (unpaired) electrons. The monoisotopic (exact) mass is 476 g/mol. The smallest absolute Gasteiger partial charge is 0.0707 e. The van der Waals surface area contributed by atoms with Gasteiger partial charge in [-0.2, -0.15) is 0 Å². The first-order valence-electron chi connectivity index (χ1n) is 13.7. The molecule has 7 rings (SSSR count). The maximum atomic E-state index is 2.52. The Kier molecular flexibility index (Phi) is 5.18. The summed E-state index contributed by atoms with van der Waals surface area (Å²) in [6, 6.07) is 31.9. The van der Waals surface area contributed by atoms with Crippen LogP contribution in [0.25, 0.3) is 27.5 Å². The maximum Gasteiger partial charge on any atom is 0.0707 e. The highest BCUT2D eigenvalue weighted by molar-refractivity contribution is 5.99. The van der Waals surface area contributed by atoms with Crippen LogP contribution in [0.3, 0.4) is 0 Å². The second-order valence-electron chi connectivity index (χ2n) is 10.9. The number of rotatable bonds is 3. The molecule has 3 aliphatic carbocycles. The van der Waals surface area contributed by atoms with Crippen molar-refractivity contribution in [3.05, 3.63) is 149 Å². The second-order valence-corrected chi connectivity index (χ2v) is 10.9. The van der Waals surface area contributed by atoms with Crippen LogP contribution in [-0.2, 0) is 5.41 Å². The van der Waals surface area contributed by atoms with Crippen molar-refractivity contribution < 1.29 is 0 Å². The van der Waals surface area contributed by atoms with Gasteiger partial charge in [0, 0.05) is 0 Å². The van der Waals surface area contributed by atoms with E-state index in [1.807, 2.05) is 0 Å². The van der Waals surface area contributed by atoms with E-state index < -0.39 is 0 Å². The molecule has 0 N–H and O–H groups in total. The largest absolute Gasteiger partial charge is 0.0839 e. The summed E-state index contributed by atoms with van der Waals surface area (Å²) in [6.07, 6.45) is 15.4. The van der Waals surface area contributed by atoms with Crippen LogP contribution in [0.15, 0.2) is 126 Å². The van der Waals surface area contributed by atoms with Crippen LogP contribution >= 0.6 is 0 Å². The van der Waals surface area contributed by atoms with Gasteiger partial charge in [-0.15, -0.1) is 0 Å². The molecule has 180 valence electrons. The van der Waals surface area contributed by atoms with Crippen molar-refractivity contribution in [2.45, 2.75) is 38.5 Å². The van der Waals surface area contributed by atoms with Gasteiger partial charge in [0.15, 0.2) is 0 Å². The summed E-state index contributed by atoms with van der Waals surface area (Å²) in [5.74, 6) is 0.503. The predicted octanol–water partition coefficient (Wildman–Crippen LogP) is 9.74. The molecule has 0 heterocycles. The fourth-order valence-corrected chi connectivity index (χ4v) is 7.07. The van der Waals surface area contributed by atoms with Crippen molar-refractivity contribution in [2.24, 2.45) is 5.92 Å². The highest BCUT2D eigenvalue weighted by Crippen LogP contribution is 2.59.